The summed E-state index contributed by atoms with van der Waals surface area (Å²) in [7, 11) is 0. The van der Waals surface area contributed by atoms with Crippen LogP contribution in [0.1, 0.15) is 19.4 Å². The molecule has 0 amide bonds. The number of benzene rings is 1. The Morgan fingerprint density at radius 3 is 2.40 bits per heavy atom. The Morgan fingerprint density at radius 1 is 1.27 bits per heavy atom. The minimum Gasteiger partial charge on any atom is -0.311 e. The van der Waals surface area contributed by atoms with E-state index in [-0.39, 0.29) is 0 Å². The molecule has 0 fully saturated rings. The zero-order valence-corrected chi connectivity index (χ0v) is 10.4. The van der Waals surface area contributed by atoms with Gasteiger partial charge in [0, 0.05) is 28.2 Å². The first-order chi connectivity index (χ1) is 7.11. The molecule has 1 aromatic carbocycles. The van der Waals surface area contributed by atoms with Crippen LogP contribution in [0.4, 0.5) is 0 Å². The summed E-state index contributed by atoms with van der Waals surface area (Å²) >= 11 is 12.0. The fraction of sp³-hybridized carbons (Fsp3) is 0.333. The second-order valence-corrected chi connectivity index (χ2v) is 4.42. The van der Waals surface area contributed by atoms with Gasteiger partial charge < -0.3 is 5.32 Å². The van der Waals surface area contributed by atoms with Crippen LogP contribution in [0.2, 0.25) is 10.0 Å². The van der Waals surface area contributed by atoms with Crippen LogP contribution in [0.3, 0.4) is 0 Å². The maximum Gasteiger partial charge on any atom is 0.0493 e. The molecule has 0 spiro atoms. The summed E-state index contributed by atoms with van der Waals surface area (Å²) in [6.45, 7) is 5.03. The molecule has 1 N–H and O–H groups in total. The first kappa shape index (κ1) is 12.6. The number of rotatable bonds is 4. The van der Waals surface area contributed by atoms with E-state index in [0.29, 0.717) is 16.1 Å². The van der Waals surface area contributed by atoms with Crippen molar-refractivity contribution >= 4 is 29.3 Å². The van der Waals surface area contributed by atoms with Crippen molar-refractivity contribution in [3.05, 3.63) is 39.9 Å². The van der Waals surface area contributed by atoms with Crippen LogP contribution in [0.15, 0.2) is 24.3 Å². The fourth-order valence-electron chi connectivity index (χ4n) is 1.15. The third kappa shape index (κ3) is 4.25. The van der Waals surface area contributed by atoms with Gasteiger partial charge in [0.25, 0.3) is 0 Å². The minimum atomic E-state index is 0.483. The molecule has 0 bridgehead atoms. The van der Waals surface area contributed by atoms with Crippen LogP contribution < -0.4 is 5.32 Å². The first-order valence-corrected chi connectivity index (χ1v) is 5.71. The summed E-state index contributed by atoms with van der Waals surface area (Å²) in [5.41, 5.74) is 0.881. The third-order valence-electron chi connectivity index (χ3n) is 1.93. The van der Waals surface area contributed by atoms with Crippen molar-refractivity contribution in [1.29, 1.82) is 0 Å². The molecule has 0 aliphatic rings. The summed E-state index contributed by atoms with van der Waals surface area (Å²) in [5.74, 6) is 0. The minimum absolute atomic E-state index is 0.483. The third-order valence-corrected chi connectivity index (χ3v) is 2.59. The van der Waals surface area contributed by atoms with Crippen LogP contribution in [0, 0.1) is 0 Å². The highest BCUT2D eigenvalue weighted by Gasteiger charge is 2.00. The molecule has 0 atom stereocenters. The van der Waals surface area contributed by atoms with Gasteiger partial charge in [0.15, 0.2) is 0 Å². The first-order valence-electron chi connectivity index (χ1n) is 4.95. The van der Waals surface area contributed by atoms with Crippen molar-refractivity contribution in [2.24, 2.45) is 0 Å². The molecule has 1 nitrogen and oxygen atoms in total. The summed E-state index contributed by atoms with van der Waals surface area (Å²) in [6, 6.07) is 6.00. The molecule has 0 aliphatic heterocycles. The van der Waals surface area contributed by atoms with E-state index in [1.807, 2.05) is 30.4 Å². The predicted molar refractivity (Wildman–Crippen MR) is 68.6 cm³/mol. The van der Waals surface area contributed by atoms with Crippen LogP contribution in [0.25, 0.3) is 6.08 Å². The Balaban J connectivity index is 2.64. The Kier molecular flexibility index (Phi) is 5.16. The fourth-order valence-corrected chi connectivity index (χ4v) is 1.67. The van der Waals surface area contributed by atoms with Gasteiger partial charge in [-0.25, -0.2) is 0 Å². The molecule has 1 rings (SSSR count). The van der Waals surface area contributed by atoms with Gasteiger partial charge in [-0.2, -0.15) is 0 Å². The van der Waals surface area contributed by atoms with E-state index in [2.05, 4.69) is 19.2 Å². The lowest BCUT2D eigenvalue weighted by Crippen LogP contribution is -2.22. The van der Waals surface area contributed by atoms with Gasteiger partial charge in [-0.05, 0) is 12.1 Å². The molecule has 0 aromatic heterocycles. The zero-order chi connectivity index (χ0) is 11.3. The second kappa shape index (κ2) is 6.16. The molecule has 0 radical (unpaired) electrons. The number of halogens is 2. The van der Waals surface area contributed by atoms with Gasteiger partial charge in [0.2, 0.25) is 0 Å². The molecule has 0 heterocycles. The summed E-state index contributed by atoms with van der Waals surface area (Å²) < 4.78 is 0. The average Bonchev–Trinajstić information content (AvgIpc) is 2.15. The normalized spacial score (nSPS) is 11.5. The van der Waals surface area contributed by atoms with Crippen molar-refractivity contribution in [3.8, 4) is 0 Å². The van der Waals surface area contributed by atoms with Crippen molar-refractivity contribution in [2.45, 2.75) is 19.9 Å². The quantitative estimate of drug-likeness (QED) is 0.843. The van der Waals surface area contributed by atoms with Gasteiger partial charge in [-0.1, -0.05) is 55.3 Å². The van der Waals surface area contributed by atoms with E-state index < -0.39 is 0 Å². The standard InChI is InChI=1S/C12H15Cl2N/c1-9(2)15-8-4-5-10-11(13)6-3-7-12(10)14/h3-7,9,15H,8H2,1-2H3. The Bertz CT molecular complexity index is 325. The van der Waals surface area contributed by atoms with Crippen LogP contribution in [0.5, 0.6) is 0 Å². The molecular formula is C12H15Cl2N. The van der Waals surface area contributed by atoms with E-state index >= 15 is 0 Å². The smallest absolute Gasteiger partial charge is 0.0493 e. The van der Waals surface area contributed by atoms with Crippen LogP contribution in [-0.4, -0.2) is 12.6 Å². The van der Waals surface area contributed by atoms with Gasteiger partial charge >= 0.3 is 0 Å². The van der Waals surface area contributed by atoms with Crippen molar-refractivity contribution < 1.29 is 0 Å². The van der Waals surface area contributed by atoms with E-state index in [1.165, 1.54) is 0 Å². The molecule has 0 unspecified atom stereocenters. The zero-order valence-electron chi connectivity index (χ0n) is 8.93. The molecule has 0 saturated heterocycles. The van der Waals surface area contributed by atoms with Gasteiger partial charge in [0.1, 0.15) is 0 Å². The maximum atomic E-state index is 6.01. The van der Waals surface area contributed by atoms with Crippen molar-refractivity contribution in [1.82, 2.24) is 5.32 Å². The molecule has 0 aliphatic carbocycles. The molecule has 82 valence electrons. The monoisotopic (exact) mass is 243 g/mol. The second-order valence-electron chi connectivity index (χ2n) is 3.60. The van der Waals surface area contributed by atoms with Crippen molar-refractivity contribution in [3.63, 3.8) is 0 Å². The summed E-state index contributed by atoms with van der Waals surface area (Å²) in [5, 5.41) is 4.65. The van der Waals surface area contributed by atoms with E-state index in [4.69, 9.17) is 23.2 Å². The average molecular weight is 244 g/mol. The molecule has 3 heteroatoms. The van der Waals surface area contributed by atoms with Crippen molar-refractivity contribution in [2.75, 3.05) is 6.54 Å². The Morgan fingerprint density at radius 2 is 1.87 bits per heavy atom. The lowest BCUT2D eigenvalue weighted by molar-refractivity contribution is 0.633. The topological polar surface area (TPSA) is 12.0 Å². The summed E-state index contributed by atoms with van der Waals surface area (Å²) in [4.78, 5) is 0. The Labute approximate surface area is 101 Å². The Hall–Kier alpha value is -0.500. The van der Waals surface area contributed by atoms with Crippen LogP contribution >= 0.6 is 23.2 Å². The molecule has 0 saturated carbocycles. The number of hydrogen-bond donors (Lipinski definition) is 1. The van der Waals surface area contributed by atoms with E-state index in [0.717, 1.165) is 12.1 Å². The maximum absolute atomic E-state index is 6.01. The summed E-state index contributed by atoms with van der Waals surface area (Å²) in [6.07, 6.45) is 3.97. The van der Waals surface area contributed by atoms with Gasteiger partial charge in [-0.3, -0.25) is 0 Å². The highest BCUT2D eigenvalue weighted by Crippen LogP contribution is 2.25. The highest BCUT2D eigenvalue weighted by atomic mass is 35.5. The van der Waals surface area contributed by atoms with E-state index in [9.17, 15) is 0 Å². The van der Waals surface area contributed by atoms with Crippen LogP contribution in [-0.2, 0) is 0 Å². The largest absolute Gasteiger partial charge is 0.311 e. The predicted octanol–water partition coefficient (Wildman–Crippen LogP) is 4.00. The lowest BCUT2D eigenvalue weighted by atomic mass is 10.2. The van der Waals surface area contributed by atoms with Gasteiger partial charge in [-0.15, -0.1) is 0 Å². The molecule has 1 aromatic rings. The van der Waals surface area contributed by atoms with Gasteiger partial charge in [0.05, 0.1) is 0 Å². The lowest BCUT2D eigenvalue weighted by Gasteiger charge is -2.04. The highest BCUT2D eigenvalue weighted by molar-refractivity contribution is 6.37. The SMILES string of the molecule is CC(C)NCC=Cc1c(Cl)cccc1Cl. The number of hydrogen-bond acceptors (Lipinski definition) is 1. The molecule has 15 heavy (non-hydrogen) atoms. The van der Waals surface area contributed by atoms with E-state index in [1.54, 1.807) is 0 Å². The molecular weight excluding hydrogens is 229 g/mol. The number of nitrogens with one attached hydrogen (secondary N) is 1.